The van der Waals surface area contributed by atoms with Gasteiger partial charge < -0.3 is 10.2 Å². The molecule has 0 spiro atoms. The number of urea groups is 1. The minimum absolute atomic E-state index is 0.234. The van der Waals surface area contributed by atoms with E-state index in [9.17, 15) is 13.6 Å². The predicted octanol–water partition coefficient (Wildman–Crippen LogP) is 3.84. The molecule has 2 heterocycles. The fourth-order valence-electron chi connectivity index (χ4n) is 2.61. The van der Waals surface area contributed by atoms with Crippen LogP contribution in [0.3, 0.4) is 0 Å². The van der Waals surface area contributed by atoms with Crippen molar-refractivity contribution in [2.45, 2.75) is 32.2 Å². The highest BCUT2D eigenvalue weighted by atomic mass is 32.1. The third kappa shape index (κ3) is 3.78. The lowest BCUT2D eigenvalue weighted by Gasteiger charge is -2.32. The second-order valence-electron chi connectivity index (χ2n) is 5.63. The van der Waals surface area contributed by atoms with Crippen LogP contribution < -0.4 is 15.5 Å². The van der Waals surface area contributed by atoms with Gasteiger partial charge in [-0.3, -0.25) is 5.32 Å². The van der Waals surface area contributed by atoms with Gasteiger partial charge in [0, 0.05) is 18.7 Å². The molecule has 2 N–H and O–H groups in total. The molecule has 2 amide bonds. The zero-order valence-corrected chi connectivity index (χ0v) is 13.9. The van der Waals surface area contributed by atoms with E-state index in [4.69, 9.17) is 0 Å². The second kappa shape index (κ2) is 7.08. The monoisotopic (exact) mass is 353 g/mol. The largest absolute Gasteiger partial charge is 0.344 e. The summed E-state index contributed by atoms with van der Waals surface area (Å²) in [5.74, 6) is -1.35. The quantitative estimate of drug-likeness (QED) is 0.880. The van der Waals surface area contributed by atoms with E-state index in [1.807, 2.05) is 0 Å². The summed E-state index contributed by atoms with van der Waals surface area (Å²) in [6.45, 7) is 3.05. The SMILES string of the molecule is C[C@@H]1CCCCN1c1nnc(NC(=O)Nc2cc(F)ccc2F)s1. The van der Waals surface area contributed by atoms with Crippen molar-refractivity contribution in [3.63, 3.8) is 0 Å². The first-order valence-corrected chi connectivity index (χ1v) is 8.48. The van der Waals surface area contributed by atoms with E-state index >= 15 is 0 Å². The Morgan fingerprint density at radius 3 is 2.92 bits per heavy atom. The molecule has 0 radical (unpaired) electrons. The number of anilines is 3. The van der Waals surface area contributed by atoms with Crippen molar-refractivity contribution >= 4 is 33.3 Å². The first-order chi connectivity index (χ1) is 11.5. The molecule has 3 rings (SSSR count). The molecule has 1 atom stereocenters. The molecule has 0 aliphatic carbocycles. The molecule has 1 aromatic heterocycles. The summed E-state index contributed by atoms with van der Waals surface area (Å²) in [4.78, 5) is 14.1. The Labute approximate surface area is 141 Å². The van der Waals surface area contributed by atoms with Crippen molar-refractivity contribution in [3.05, 3.63) is 29.8 Å². The van der Waals surface area contributed by atoms with Gasteiger partial charge in [-0.15, -0.1) is 10.2 Å². The van der Waals surface area contributed by atoms with Gasteiger partial charge in [0.25, 0.3) is 0 Å². The van der Waals surface area contributed by atoms with Crippen LogP contribution in [0.1, 0.15) is 26.2 Å². The molecule has 6 nitrogen and oxygen atoms in total. The summed E-state index contributed by atoms with van der Waals surface area (Å²) >= 11 is 1.25. The number of aromatic nitrogens is 2. The first-order valence-electron chi connectivity index (χ1n) is 7.66. The summed E-state index contributed by atoms with van der Waals surface area (Å²) in [5, 5.41) is 13.8. The minimum atomic E-state index is -0.716. The number of hydrogen-bond acceptors (Lipinski definition) is 5. The molecule has 9 heteroatoms. The van der Waals surface area contributed by atoms with Crippen molar-refractivity contribution in [3.8, 4) is 0 Å². The number of rotatable bonds is 3. The minimum Gasteiger partial charge on any atom is -0.344 e. The Hall–Kier alpha value is -2.29. The second-order valence-corrected chi connectivity index (χ2v) is 6.59. The number of amides is 2. The van der Waals surface area contributed by atoms with E-state index < -0.39 is 17.7 Å². The van der Waals surface area contributed by atoms with Gasteiger partial charge in [0.1, 0.15) is 11.6 Å². The van der Waals surface area contributed by atoms with Crippen LogP contribution in [0.4, 0.5) is 29.5 Å². The summed E-state index contributed by atoms with van der Waals surface area (Å²) in [5.41, 5.74) is -0.234. The van der Waals surface area contributed by atoms with Crippen LogP contribution in [-0.4, -0.2) is 28.8 Å². The Morgan fingerprint density at radius 2 is 2.12 bits per heavy atom. The number of benzene rings is 1. The van der Waals surface area contributed by atoms with Crippen molar-refractivity contribution in [1.29, 1.82) is 0 Å². The molecule has 0 unspecified atom stereocenters. The molecule has 1 fully saturated rings. The van der Waals surface area contributed by atoms with E-state index in [1.54, 1.807) is 0 Å². The molecule has 24 heavy (non-hydrogen) atoms. The van der Waals surface area contributed by atoms with E-state index in [2.05, 4.69) is 32.7 Å². The lowest BCUT2D eigenvalue weighted by Crippen LogP contribution is -2.37. The van der Waals surface area contributed by atoms with Crippen LogP contribution in [0.25, 0.3) is 0 Å². The van der Waals surface area contributed by atoms with Gasteiger partial charge in [-0.05, 0) is 38.3 Å². The predicted molar refractivity (Wildman–Crippen MR) is 89.6 cm³/mol. The lowest BCUT2D eigenvalue weighted by molar-refractivity contribution is 0.262. The summed E-state index contributed by atoms with van der Waals surface area (Å²) < 4.78 is 26.6. The zero-order valence-electron chi connectivity index (χ0n) is 13.1. The zero-order chi connectivity index (χ0) is 17.1. The van der Waals surface area contributed by atoms with Crippen LogP contribution in [0.5, 0.6) is 0 Å². The first kappa shape index (κ1) is 16.6. The van der Waals surface area contributed by atoms with E-state index in [-0.39, 0.29) is 5.69 Å². The Morgan fingerprint density at radius 1 is 1.29 bits per heavy atom. The van der Waals surface area contributed by atoms with Crippen LogP contribution >= 0.6 is 11.3 Å². The Kier molecular flexibility index (Phi) is 4.89. The number of piperidine rings is 1. The maximum Gasteiger partial charge on any atom is 0.325 e. The molecule has 1 aliphatic heterocycles. The van der Waals surface area contributed by atoms with Crippen LogP contribution in [0, 0.1) is 11.6 Å². The maximum atomic E-state index is 13.5. The Balaban J connectivity index is 1.64. The van der Waals surface area contributed by atoms with Gasteiger partial charge in [0.15, 0.2) is 0 Å². The number of nitrogens with zero attached hydrogens (tertiary/aromatic N) is 3. The highest BCUT2D eigenvalue weighted by molar-refractivity contribution is 7.19. The van der Waals surface area contributed by atoms with Crippen molar-refractivity contribution < 1.29 is 13.6 Å². The van der Waals surface area contributed by atoms with E-state index in [1.165, 1.54) is 17.8 Å². The third-order valence-electron chi connectivity index (χ3n) is 3.86. The molecular weight excluding hydrogens is 336 g/mol. The molecule has 2 aromatic rings. The fourth-order valence-corrected chi connectivity index (χ4v) is 3.48. The van der Waals surface area contributed by atoms with Crippen LogP contribution in [0.15, 0.2) is 18.2 Å². The number of carbonyl (C=O) groups excluding carboxylic acids is 1. The van der Waals surface area contributed by atoms with Gasteiger partial charge in [-0.1, -0.05) is 11.3 Å². The van der Waals surface area contributed by atoms with Crippen molar-refractivity contribution in [1.82, 2.24) is 10.2 Å². The molecule has 1 saturated heterocycles. The van der Waals surface area contributed by atoms with E-state index in [0.717, 1.165) is 42.7 Å². The topological polar surface area (TPSA) is 70.2 Å². The number of hydrogen-bond donors (Lipinski definition) is 2. The summed E-state index contributed by atoms with van der Waals surface area (Å²) in [7, 11) is 0. The molecule has 128 valence electrons. The van der Waals surface area contributed by atoms with Crippen molar-refractivity contribution in [2.24, 2.45) is 0 Å². The fraction of sp³-hybridized carbons (Fsp3) is 0.400. The molecule has 1 aliphatic rings. The highest BCUT2D eigenvalue weighted by Crippen LogP contribution is 2.29. The third-order valence-corrected chi connectivity index (χ3v) is 4.74. The molecule has 0 bridgehead atoms. The lowest BCUT2D eigenvalue weighted by atomic mass is 10.1. The van der Waals surface area contributed by atoms with E-state index in [0.29, 0.717) is 11.2 Å². The maximum absolute atomic E-state index is 13.5. The van der Waals surface area contributed by atoms with Gasteiger partial charge >= 0.3 is 6.03 Å². The van der Waals surface area contributed by atoms with Gasteiger partial charge in [0.05, 0.1) is 5.69 Å². The highest BCUT2D eigenvalue weighted by Gasteiger charge is 2.22. The van der Waals surface area contributed by atoms with Crippen LogP contribution in [0.2, 0.25) is 0 Å². The van der Waals surface area contributed by atoms with Crippen molar-refractivity contribution in [2.75, 3.05) is 22.1 Å². The van der Waals surface area contributed by atoms with Gasteiger partial charge in [-0.2, -0.15) is 0 Å². The average molecular weight is 353 g/mol. The smallest absolute Gasteiger partial charge is 0.325 e. The molecular formula is C15H17F2N5OS. The standard InChI is InChI=1S/C15H17F2N5OS/c1-9-4-2-3-7-22(9)15-21-20-14(24-15)19-13(23)18-12-8-10(16)5-6-11(12)17/h5-6,8-9H,2-4,7H2,1H3,(H2,18,19,20,23)/t9-/m1/s1. The average Bonchev–Trinajstić information content (AvgIpc) is 2.99. The molecule has 1 aromatic carbocycles. The number of nitrogens with one attached hydrogen (secondary N) is 2. The number of halogens is 2. The Bertz CT molecular complexity index is 738. The van der Waals surface area contributed by atoms with Crippen LogP contribution in [-0.2, 0) is 0 Å². The normalized spacial score (nSPS) is 17.6. The molecule has 0 saturated carbocycles. The number of carbonyl (C=O) groups is 1. The van der Waals surface area contributed by atoms with Gasteiger partial charge in [-0.25, -0.2) is 13.6 Å². The summed E-state index contributed by atoms with van der Waals surface area (Å²) in [6.07, 6.45) is 3.40. The van der Waals surface area contributed by atoms with Gasteiger partial charge in [0.2, 0.25) is 10.3 Å². The summed E-state index contributed by atoms with van der Waals surface area (Å²) in [6, 6.07) is 2.53.